The molecule has 1 fully saturated rings. The Labute approximate surface area is 108 Å². The minimum atomic E-state index is -0.732. The van der Waals surface area contributed by atoms with Crippen LogP contribution in [0.15, 0.2) is 0 Å². The van der Waals surface area contributed by atoms with Crippen molar-refractivity contribution in [2.24, 2.45) is 5.92 Å². The SMILES string of the molecule is CC1CCNC1C(=O)NCCCCCCC(=O)O. The van der Waals surface area contributed by atoms with Crippen molar-refractivity contribution < 1.29 is 14.7 Å². The summed E-state index contributed by atoms with van der Waals surface area (Å²) in [6.07, 6.45) is 4.85. The molecule has 1 aliphatic heterocycles. The van der Waals surface area contributed by atoms with Crippen LogP contribution in [0.1, 0.15) is 45.4 Å². The summed E-state index contributed by atoms with van der Waals surface area (Å²) in [5.41, 5.74) is 0. The van der Waals surface area contributed by atoms with E-state index in [0.29, 0.717) is 12.5 Å². The number of amides is 1. The lowest BCUT2D eigenvalue weighted by Gasteiger charge is -2.15. The second-order valence-corrected chi connectivity index (χ2v) is 5.05. The molecule has 0 aromatic rings. The number of carbonyl (C=O) groups excluding carboxylic acids is 1. The van der Waals surface area contributed by atoms with Gasteiger partial charge in [-0.05, 0) is 31.7 Å². The Kier molecular flexibility index (Phi) is 6.72. The Hall–Kier alpha value is -1.10. The third-order valence-electron chi connectivity index (χ3n) is 3.43. The number of unbranched alkanes of at least 4 members (excludes halogenated alkanes) is 3. The molecule has 0 aromatic heterocycles. The van der Waals surface area contributed by atoms with Crippen LogP contribution in [-0.2, 0) is 9.59 Å². The Balaban J connectivity index is 1.97. The summed E-state index contributed by atoms with van der Waals surface area (Å²) in [6, 6.07) is -0.0305. The van der Waals surface area contributed by atoms with Gasteiger partial charge >= 0.3 is 5.97 Å². The van der Waals surface area contributed by atoms with Crippen LogP contribution >= 0.6 is 0 Å². The fourth-order valence-electron chi connectivity index (χ4n) is 2.26. The van der Waals surface area contributed by atoms with Crippen molar-refractivity contribution >= 4 is 11.9 Å². The van der Waals surface area contributed by atoms with Gasteiger partial charge in [-0.3, -0.25) is 9.59 Å². The highest BCUT2D eigenvalue weighted by molar-refractivity contribution is 5.82. The van der Waals surface area contributed by atoms with E-state index >= 15 is 0 Å². The number of aliphatic carboxylic acids is 1. The first-order valence-corrected chi connectivity index (χ1v) is 6.84. The van der Waals surface area contributed by atoms with E-state index in [-0.39, 0.29) is 18.4 Å². The van der Waals surface area contributed by atoms with Crippen LogP contribution in [0, 0.1) is 5.92 Å². The van der Waals surface area contributed by atoms with Crippen LogP contribution in [0.25, 0.3) is 0 Å². The molecule has 3 N–H and O–H groups in total. The van der Waals surface area contributed by atoms with Gasteiger partial charge in [0.25, 0.3) is 0 Å². The molecule has 0 spiro atoms. The van der Waals surface area contributed by atoms with Crippen molar-refractivity contribution in [3.63, 3.8) is 0 Å². The topological polar surface area (TPSA) is 78.4 Å². The van der Waals surface area contributed by atoms with Crippen LogP contribution in [0.4, 0.5) is 0 Å². The third-order valence-corrected chi connectivity index (χ3v) is 3.43. The normalized spacial score (nSPS) is 22.9. The number of carbonyl (C=O) groups is 2. The molecule has 5 nitrogen and oxygen atoms in total. The van der Waals surface area contributed by atoms with Crippen molar-refractivity contribution in [2.45, 2.75) is 51.5 Å². The molecule has 1 saturated heterocycles. The highest BCUT2D eigenvalue weighted by Gasteiger charge is 2.28. The molecule has 0 aliphatic carbocycles. The van der Waals surface area contributed by atoms with Gasteiger partial charge in [-0.15, -0.1) is 0 Å². The number of rotatable bonds is 8. The molecule has 1 heterocycles. The molecular formula is C13H24N2O3. The van der Waals surface area contributed by atoms with Crippen molar-refractivity contribution in [2.75, 3.05) is 13.1 Å². The predicted octanol–water partition coefficient (Wildman–Crippen LogP) is 1.14. The van der Waals surface area contributed by atoms with Crippen molar-refractivity contribution in [3.8, 4) is 0 Å². The average Bonchev–Trinajstić information content (AvgIpc) is 2.73. The summed E-state index contributed by atoms with van der Waals surface area (Å²) in [4.78, 5) is 22.1. The summed E-state index contributed by atoms with van der Waals surface area (Å²) < 4.78 is 0. The molecule has 1 aliphatic rings. The summed E-state index contributed by atoms with van der Waals surface area (Å²) in [7, 11) is 0. The summed E-state index contributed by atoms with van der Waals surface area (Å²) in [5, 5.41) is 14.6. The Bertz CT molecular complexity index is 281. The molecule has 5 heteroatoms. The molecule has 0 radical (unpaired) electrons. The molecule has 0 saturated carbocycles. The van der Waals surface area contributed by atoms with Crippen LogP contribution in [0.5, 0.6) is 0 Å². The number of nitrogens with one attached hydrogen (secondary N) is 2. The molecule has 0 aromatic carbocycles. The smallest absolute Gasteiger partial charge is 0.303 e. The monoisotopic (exact) mass is 256 g/mol. The maximum Gasteiger partial charge on any atom is 0.303 e. The van der Waals surface area contributed by atoms with E-state index in [1.54, 1.807) is 0 Å². The minimum Gasteiger partial charge on any atom is -0.481 e. The average molecular weight is 256 g/mol. The second kappa shape index (κ2) is 8.08. The van der Waals surface area contributed by atoms with Crippen molar-refractivity contribution in [1.82, 2.24) is 10.6 Å². The van der Waals surface area contributed by atoms with E-state index in [1.807, 2.05) is 0 Å². The first kappa shape index (κ1) is 15.0. The Morgan fingerprint density at radius 1 is 1.28 bits per heavy atom. The molecule has 1 amide bonds. The van der Waals surface area contributed by atoms with Crippen LogP contribution in [0.3, 0.4) is 0 Å². The van der Waals surface area contributed by atoms with E-state index in [0.717, 1.165) is 38.6 Å². The van der Waals surface area contributed by atoms with E-state index in [4.69, 9.17) is 5.11 Å². The lowest BCUT2D eigenvalue weighted by atomic mass is 10.0. The maximum absolute atomic E-state index is 11.8. The van der Waals surface area contributed by atoms with Crippen molar-refractivity contribution in [1.29, 1.82) is 0 Å². The molecule has 2 unspecified atom stereocenters. The quantitative estimate of drug-likeness (QED) is 0.569. The van der Waals surface area contributed by atoms with Gasteiger partial charge in [0.05, 0.1) is 6.04 Å². The highest BCUT2D eigenvalue weighted by Crippen LogP contribution is 2.14. The van der Waals surface area contributed by atoms with Crippen LogP contribution in [-0.4, -0.2) is 36.1 Å². The van der Waals surface area contributed by atoms with E-state index < -0.39 is 5.97 Å². The van der Waals surface area contributed by atoms with E-state index in [9.17, 15) is 9.59 Å². The first-order valence-electron chi connectivity index (χ1n) is 6.84. The van der Waals surface area contributed by atoms with Gasteiger partial charge < -0.3 is 15.7 Å². The molecule has 104 valence electrons. The van der Waals surface area contributed by atoms with Gasteiger partial charge in [0.1, 0.15) is 0 Å². The Morgan fingerprint density at radius 2 is 2.00 bits per heavy atom. The predicted molar refractivity (Wildman–Crippen MR) is 69.3 cm³/mol. The maximum atomic E-state index is 11.8. The van der Waals surface area contributed by atoms with E-state index in [2.05, 4.69) is 17.6 Å². The fraction of sp³-hybridized carbons (Fsp3) is 0.846. The molecule has 0 bridgehead atoms. The summed E-state index contributed by atoms with van der Waals surface area (Å²) in [5.74, 6) is -0.212. The summed E-state index contributed by atoms with van der Waals surface area (Å²) >= 11 is 0. The van der Waals surface area contributed by atoms with Gasteiger partial charge in [-0.2, -0.15) is 0 Å². The van der Waals surface area contributed by atoms with Gasteiger partial charge in [0, 0.05) is 13.0 Å². The van der Waals surface area contributed by atoms with Gasteiger partial charge in [0.15, 0.2) is 0 Å². The van der Waals surface area contributed by atoms with Gasteiger partial charge in [0.2, 0.25) is 5.91 Å². The molecule has 2 atom stereocenters. The fourth-order valence-corrected chi connectivity index (χ4v) is 2.26. The van der Waals surface area contributed by atoms with Crippen molar-refractivity contribution in [3.05, 3.63) is 0 Å². The lowest BCUT2D eigenvalue weighted by Crippen LogP contribution is -2.43. The summed E-state index contributed by atoms with van der Waals surface area (Å²) in [6.45, 7) is 3.71. The molecular weight excluding hydrogens is 232 g/mol. The van der Waals surface area contributed by atoms with Crippen LogP contribution in [0.2, 0.25) is 0 Å². The number of hydrogen-bond donors (Lipinski definition) is 3. The third kappa shape index (κ3) is 5.49. The zero-order chi connectivity index (χ0) is 13.4. The number of hydrogen-bond acceptors (Lipinski definition) is 3. The Morgan fingerprint density at radius 3 is 2.61 bits per heavy atom. The number of carboxylic acids is 1. The zero-order valence-electron chi connectivity index (χ0n) is 11.1. The molecule has 1 rings (SSSR count). The lowest BCUT2D eigenvalue weighted by molar-refractivity contribution is -0.137. The van der Waals surface area contributed by atoms with Gasteiger partial charge in [-0.25, -0.2) is 0 Å². The standard InChI is InChI=1S/C13H24N2O3/c1-10-7-9-14-12(10)13(18)15-8-5-3-2-4-6-11(16)17/h10,12,14H,2-9H2,1H3,(H,15,18)(H,16,17). The second-order valence-electron chi connectivity index (χ2n) is 5.05. The molecule has 18 heavy (non-hydrogen) atoms. The zero-order valence-corrected chi connectivity index (χ0v) is 11.1. The largest absolute Gasteiger partial charge is 0.481 e. The van der Waals surface area contributed by atoms with Gasteiger partial charge in [-0.1, -0.05) is 19.8 Å². The van der Waals surface area contributed by atoms with E-state index in [1.165, 1.54) is 0 Å². The number of carboxylic acid groups (broad SMARTS) is 1. The highest BCUT2D eigenvalue weighted by atomic mass is 16.4. The van der Waals surface area contributed by atoms with Crippen LogP contribution < -0.4 is 10.6 Å². The first-order chi connectivity index (χ1) is 8.61. The minimum absolute atomic E-state index is 0.0305.